The molecule has 0 saturated heterocycles. The maximum Gasteiger partial charge on any atom is 0.280 e. The number of hydrogen-bond donors (Lipinski definition) is 2. The molecule has 4 N–H and O–H groups in total. The number of imidazole rings is 1. The van der Waals surface area contributed by atoms with Crippen molar-refractivity contribution in [2.45, 2.75) is 18.7 Å². The lowest BCUT2D eigenvalue weighted by Crippen LogP contribution is -2.24. The minimum Gasteiger partial charge on any atom is -0.370 e. The smallest absolute Gasteiger partial charge is 0.280 e. The Balaban J connectivity index is 2.76. The fourth-order valence-electron chi connectivity index (χ4n) is 2.31. The molecule has 0 fully saturated rings. The summed E-state index contributed by atoms with van der Waals surface area (Å²) in [5.41, 5.74) is 12.0. The molecule has 1 aromatic carbocycles. The number of benzene rings is 1. The summed E-state index contributed by atoms with van der Waals surface area (Å²) in [6.45, 7) is 3.33. The van der Waals surface area contributed by atoms with Gasteiger partial charge in [-0.2, -0.15) is 4.99 Å². The number of rotatable bonds is 3. The summed E-state index contributed by atoms with van der Waals surface area (Å²) >= 11 is 0. The summed E-state index contributed by atoms with van der Waals surface area (Å²) in [4.78, 5) is 19.6. The number of aliphatic imine (C=N–C) groups is 1. The number of carbonyl (C=O) groups excluding carboxylic acids is 1. The molecule has 122 valence electrons. The molecule has 23 heavy (non-hydrogen) atoms. The highest BCUT2D eigenvalue weighted by Gasteiger charge is 2.22. The number of aryl methyl sites for hydroxylation is 1. The second kappa shape index (κ2) is 5.84. The third-order valence-electron chi connectivity index (χ3n) is 3.21. The highest BCUT2D eigenvalue weighted by molar-refractivity contribution is 7.90. The van der Waals surface area contributed by atoms with E-state index in [-0.39, 0.29) is 22.0 Å². The van der Waals surface area contributed by atoms with Crippen molar-refractivity contribution >= 4 is 21.7 Å². The van der Waals surface area contributed by atoms with Crippen molar-refractivity contribution < 1.29 is 13.2 Å². The topological polar surface area (TPSA) is 133 Å². The van der Waals surface area contributed by atoms with E-state index in [9.17, 15) is 13.2 Å². The van der Waals surface area contributed by atoms with E-state index in [1.54, 1.807) is 24.6 Å². The quantitative estimate of drug-likeness (QED) is 0.612. The third-order valence-corrected chi connectivity index (χ3v) is 4.46. The van der Waals surface area contributed by atoms with E-state index in [0.717, 1.165) is 11.9 Å². The van der Waals surface area contributed by atoms with Gasteiger partial charge in [0.1, 0.15) is 0 Å². The normalized spacial score (nSPS) is 11.3. The first-order valence-corrected chi connectivity index (χ1v) is 8.49. The predicted octanol–water partition coefficient (Wildman–Crippen LogP) is 0.306. The van der Waals surface area contributed by atoms with Crippen LogP contribution in [0.1, 0.15) is 21.6 Å². The molecule has 0 saturated carbocycles. The van der Waals surface area contributed by atoms with Gasteiger partial charge in [0.2, 0.25) is 0 Å². The van der Waals surface area contributed by atoms with E-state index in [4.69, 9.17) is 11.5 Å². The zero-order valence-electron chi connectivity index (χ0n) is 12.9. The molecule has 9 heteroatoms. The third kappa shape index (κ3) is 3.39. The van der Waals surface area contributed by atoms with Crippen LogP contribution in [0.2, 0.25) is 0 Å². The zero-order chi connectivity index (χ0) is 17.4. The molecule has 8 nitrogen and oxygen atoms in total. The molecule has 0 aliphatic carbocycles. The fraction of sp³-hybridized carbons (Fsp3) is 0.214. The molecular weight excluding hydrogens is 318 g/mol. The molecule has 2 rings (SSSR count). The van der Waals surface area contributed by atoms with Crippen molar-refractivity contribution in [2.24, 2.45) is 16.5 Å². The SMILES string of the molecule is Cc1cn(-c2ccc(C(=O)N=C(N)N)c(C)c2S(C)(=O)=O)cn1. The molecule has 1 heterocycles. The molecule has 0 aliphatic rings. The van der Waals surface area contributed by atoms with Crippen LogP contribution in [0.25, 0.3) is 5.69 Å². The monoisotopic (exact) mass is 335 g/mol. The Morgan fingerprint density at radius 3 is 2.39 bits per heavy atom. The second-order valence-electron chi connectivity index (χ2n) is 5.12. The summed E-state index contributed by atoms with van der Waals surface area (Å²) in [7, 11) is -3.60. The Bertz CT molecular complexity index is 908. The van der Waals surface area contributed by atoms with Gasteiger partial charge in [-0.1, -0.05) is 0 Å². The van der Waals surface area contributed by atoms with Crippen LogP contribution in [-0.4, -0.2) is 36.1 Å². The molecule has 2 aromatic rings. The number of hydrogen-bond acceptors (Lipinski definition) is 4. The van der Waals surface area contributed by atoms with Crippen LogP contribution in [0, 0.1) is 13.8 Å². The zero-order valence-corrected chi connectivity index (χ0v) is 13.8. The average molecular weight is 335 g/mol. The summed E-state index contributed by atoms with van der Waals surface area (Å²) in [6, 6.07) is 3.02. The van der Waals surface area contributed by atoms with Gasteiger partial charge in [0.25, 0.3) is 5.91 Å². The minimum absolute atomic E-state index is 0.0338. The largest absolute Gasteiger partial charge is 0.370 e. The Kier molecular flexibility index (Phi) is 4.24. The second-order valence-corrected chi connectivity index (χ2v) is 7.08. The first kappa shape index (κ1) is 16.7. The Labute approximate surface area is 133 Å². The van der Waals surface area contributed by atoms with Crippen LogP contribution in [0.15, 0.2) is 34.5 Å². The molecule has 0 atom stereocenters. The van der Waals surface area contributed by atoms with E-state index in [2.05, 4.69) is 9.98 Å². The first-order chi connectivity index (χ1) is 10.6. The molecule has 0 spiro atoms. The van der Waals surface area contributed by atoms with Gasteiger partial charge in [-0.25, -0.2) is 13.4 Å². The van der Waals surface area contributed by atoms with Crippen molar-refractivity contribution in [3.8, 4) is 5.69 Å². The highest BCUT2D eigenvalue weighted by Crippen LogP contribution is 2.27. The van der Waals surface area contributed by atoms with Crippen LogP contribution < -0.4 is 11.5 Å². The van der Waals surface area contributed by atoms with Gasteiger partial charge >= 0.3 is 0 Å². The molecule has 0 bridgehead atoms. The van der Waals surface area contributed by atoms with Crippen LogP contribution in [-0.2, 0) is 9.84 Å². The van der Waals surface area contributed by atoms with E-state index in [1.807, 2.05) is 0 Å². The number of nitrogens with two attached hydrogens (primary N) is 2. The summed E-state index contributed by atoms with van der Waals surface area (Å²) in [5, 5.41) is 0. The standard InChI is InChI=1S/C14H17N5O3S/c1-8-6-19(7-17-8)11-5-4-10(13(20)18-14(15)16)9(2)12(11)23(3,21)22/h4-7H,1-3H3,(H4,15,16,18,20). The molecule has 0 radical (unpaired) electrons. The molecule has 0 unspecified atom stereocenters. The Morgan fingerprint density at radius 1 is 1.26 bits per heavy atom. The van der Waals surface area contributed by atoms with Gasteiger partial charge < -0.3 is 16.0 Å². The number of nitrogens with zero attached hydrogens (tertiary/aromatic N) is 3. The van der Waals surface area contributed by atoms with Crippen LogP contribution in [0.5, 0.6) is 0 Å². The summed E-state index contributed by atoms with van der Waals surface area (Å²) in [5.74, 6) is -1.08. The lowest BCUT2D eigenvalue weighted by molar-refractivity contribution is 0.100. The fourth-order valence-corrected chi connectivity index (χ4v) is 3.53. The van der Waals surface area contributed by atoms with Crippen molar-refractivity contribution in [3.05, 3.63) is 41.5 Å². The van der Waals surface area contributed by atoms with Crippen LogP contribution >= 0.6 is 0 Å². The van der Waals surface area contributed by atoms with Crippen molar-refractivity contribution in [2.75, 3.05) is 6.26 Å². The number of carbonyl (C=O) groups is 1. The van der Waals surface area contributed by atoms with E-state index >= 15 is 0 Å². The summed E-state index contributed by atoms with van der Waals surface area (Å²) in [6.07, 6.45) is 4.29. The van der Waals surface area contributed by atoms with Gasteiger partial charge in [0.05, 0.1) is 22.6 Å². The minimum atomic E-state index is -3.60. The number of guanidine groups is 1. The lowest BCUT2D eigenvalue weighted by atomic mass is 10.1. The van der Waals surface area contributed by atoms with Crippen molar-refractivity contribution in [1.29, 1.82) is 0 Å². The number of aromatic nitrogens is 2. The number of sulfone groups is 1. The maximum absolute atomic E-state index is 12.2. The van der Waals surface area contributed by atoms with Gasteiger partial charge in [-0.15, -0.1) is 0 Å². The van der Waals surface area contributed by atoms with E-state index < -0.39 is 15.7 Å². The lowest BCUT2D eigenvalue weighted by Gasteiger charge is -2.14. The number of amides is 1. The maximum atomic E-state index is 12.2. The van der Waals surface area contributed by atoms with Gasteiger partial charge in [-0.05, 0) is 31.5 Å². The summed E-state index contributed by atoms with van der Waals surface area (Å²) < 4.78 is 26.0. The Hall–Kier alpha value is -2.68. The first-order valence-electron chi connectivity index (χ1n) is 6.60. The van der Waals surface area contributed by atoms with Crippen molar-refractivity contribution in [3.63, 3.8) is 0 Å². The van der Waals surface area contributed by atoms with E-state index in [0.29, 0.717) is 5.69 Å². The van der Waals surface area contributed by atoms with Gasteiger partial charge in [-0.3, -0.25) is 4.79 Å². The predicted molar refractivity (Wildman–Crippen MR) is 86.3 cm³/mol. The van der Waals surface area contributed by atoms with Crippen LogP contribution in [0.4, 0.5) is 0 Å². The molecule has 1 aromatic heterocycles. The van der Waals surface area contributed by atoms with Crippen LogP contribution in [0.3, 0.4) is 0 Å². The molecule has 1 amide bonds. The highest BCUT2D eigenvalue weighted by atomic mass is 32.2. The average Bonchev–Trinajstić information content (AvgIpc) is 2.82. The van der Waals surface area contributed by atoms with E-state index in [1.165, 1.54) is 18.5 Å². The Morgan fingerprint density at radius 2 is 1.91 bits per heavy atom. The van der Waals surface area contributed by atoms with Gasteiger partial charge in [0, 0.05) is 18.0 Å². The van der Waals surface area contributed by atoms with Crippen molar-refractivity contribution in [1.82, 2.24) is 9.55 Å². The molecular formula is C14H17N5O3S. The van der Waals surface area contributed by atoms with Gasteiger partial charge in [0.15, 0.2) is 15.8 Å². The molecule has 0 aliphatic heterocycles.